The van der Waals surface area contributed by atoms with Gasteiger partial charge in [0, 0.05) is 12.5 Å². The number of amides is 1. The molecule has 2 rings (SSSR count). The molecule has 0 spiro atoms. The Kier molecular flexibility index (Phi) is 3.59. The Bertz CT molecular complexity index is 226. The van der Waals surface area contributed by atoms with Crippen molar-refractivity contribution < 1.29 is 14.6 Å². The Labute approximate surface area is 90.2 Å². The van der Waals surface area contributed by atoms with Gasteiger partial charge in [0.1, 0.15) is 0 Å². The highest BCUT2D eigenvalue weighted by atomic mass is 16.5. The van der Waals surface area contributed by atoms with Crippen molar-refractivity contribution in [3.63, 3.8) is 0 Å². The minimum absolute atomic E-state index is 0.0124. The van der Waals surface area contributed by atoms with Crippen molar-refractivity contribution in [1.82, 2.24) is 4.90 Å². The highest BCUT2D eigenvalue weighted by molar-refractivity contribution is 5.79. The molecule has 2 aliphatic rings. The molecule has 1 amide bonds. The van der Waals surface area contributed by atoms with Gasteiger partial charge in [0.2, 0.25) is 5.91 Å². The number of ether oxygens (including phenoxy) is 1. The van der Waals surface area contributed by atoms with Gasteiger partial charge in [-0.05, 0) is 12.8 Å². The minimum Gasteiger partial charge on any atom is -0.394 e. The quantitative estimate of drug-likeness (QED) is 0.722. The molecule has 4 heteroatoms. The van der Waals surface area contributed by atoms with E-state index in [-0.39, 0.29) is 24.5 Å². The van der Waals surface area contributed by atoms with E-state index in [2.05, 4.69) is 0 Å². The molecule has 0 aromatic carbocycles. The molecule has 1 saturated heterocycles. The molecule has 0 radical (unpaired) electrons. The summed E-state index contributed by atoms with van der Waals surface area (Å²) in [6.45, 7) is 1.74. The van der Waals surface area contributed by atoms with E-state index in [0.717, 1.165) is 12.8 Å². The molecule has 2 fully saturated rings. The zero-order valence-corrected chi connectivity index (χ0v) is 9.02. The normalized spacial score (nSPS) is 28.3. The molecule has 1 aliphatic carbocycles. The molecule has 86 valence electrons. The van der Waals surface area contributed by atoms with Crippen LogP contribution in [0.1, 0.15) is 25.7 Å². The maximum Gasteiger partial charge on any atom is 0.226 e. The fourth-order valence-electron chi connectivity index (χ4n) is 2.50. The van der Waals surface area contributed by atoms with Gasteiger partial charge in [-0.15, -0.1) is 0 Å². The molecule has 1 unspecified atom stereocenters. The number of hydrogen-bond donors (Lipinski definition) is 1. The maximum absolute atomic E-state index is 12.1. The van der Waals surface area contributed by atoms with E-state index in [1.54, 1.807) is 0 Å². The Morgan fingerprint density at radius 3 is 2.80 bits per heavy atom. The van der Waals surface area contributed by atoms with E-state index in [1.807, 2.05) is 4.90 Å². The first-order chi connectivity index (χ1) is 7.33. The summed E-state index contributed by atoms with van der Waals surface area (Å²) < 4.78 is 5.26. The Morgan fingerprint density at radius 2 is 2.13 bits per heavy atom. The van der Waals surface area contributed by atoms with Gasteiger partial charge in [-0.25, -0.2) is 0 Å². The lowest BCUT2D eigenvalue weighted by atomic mass is 10.1. The van der Waals surface area contributed by atoms with Gasteiger partial charge in [-0.2, -0.15) is 0 Å². The summed E-state index contributed by atoms with van der Waals surface area (Å²) in [6.07, 6.45) is 4.39. The third-order valence-corrected chi connectivity index (χ3v) is 3.43. The fraction of sp³-hybridized carbons (Fsp3) is 0.909. The number of carbonyl (C=O) groups is 1. The number of aliphatic hydroxyl groups excluding tert-OH is 1. The van der Waals surface area contributed by atoms with Gasteiger partial charge in [0.25, 0.3) is 0 Å². The van der Waals surface area contributed by atoms with Gasteiger partial charge >= 0.3 is 0 Å². The minimum atomic E-state index is -0.119. The number of morpholine rings is 1. The molecule has 0 aromatic heterocycles. The van der Waals surface area contributed by atoms with E-state index in [1.165, 1.54) is 12.8 Å². The molecule has 0 bridgehead atoms. The van der Waals surface area contributed by atoms with Crippen LogP contribution in [0.3, 0.4) is 0 Å². The summed E-state index contributed by atoms with van der Waals surface area (Å²) in [5.74, 6) is 0.437. The summed E-state index contributed by atoms with van der Waals surface area (Å²) in [5.41, 5.74) is 0. The largest absolute Gasteiger partial charge is 0.394 e. The topological polar surface area (TPSA) is 49.8 Å². The zero-order valence-electron chi connectivity index (χ0n) is 9.02. The summed E-state index contributed by atoms with van der Waals surface area (Å²) in [7, 11) is 0. The van der Waals surface area contributed by atoms with Gasteiger partial charge in [0.05, 0.1) is 25.9 Å². The first-order valence-electron chi connectivity index (χ1n) is 5.82. The Morgan fingerprint density at radius 1 is 1.40 bits per heavy atom. The number of aliphatic hydroxyl groups is 1. The van der Waals surface area contributed by atoms with Crippen molar-refractivity contribution >= 4 is 5.91 Å². The predicted octanol–water partition coefficient (Wildman–Crippen LogP) is 0.396. The number of carbonyl (C=O) groups excluding carboxylic acids is 1. The van der Waals surface area contributed by atoms with Crippen molar-refractivity contribution in [3.8, 4) is 0 Å². The smallest absolute Gasteiger partial charge is 0.226 e. The van der Waals surface area contributed by atoms with Crippen LogP contribution in [-0.2, 0) is 9.53 Å². The lowest BCUT2D eigenvalue weighted by Gasteiger charge is -2.36. The number of hydrogen-bond acceptors (Lipinski definition) is 3. The van der Waals surface area contributed by atoms with Crippen molar-refractivity contribution in [1.29, 1.82) is 0 Å². The zero-order chi connectivity index (χ0) is 10.7. The van der Waals surface area contributed by atoms with E-state index in [0.29, 0.717) is 19.8 Å². The van der Waals surface area contributed by atoms with E-state index < -0.39 is 0 Å². The molecule has 4 nitrogen and oxygen atoms in total. The van der Waals surface area contributed by atoms with E-state index in [4.69, 9.17) is 4.74 Å². The monoisotopic (exact) mass is 213 g/mol. The molecule has 1 N–H and O–H groups in total. The summed E-state index contributed by atoms with van der Waals surface area (Å²) >= 11 is 0. The van der Waals surface area contributed by atoms with Crippen molar-refractivity contribution in [2.45, 2.75) is 31.7 Å². The molecule has 1 saturated carbocycles. The standard InChI is InChI=1S/C11H19NO3/c13-7-10-8-15-6-5-12(10)11(14)9-3-1-2-4-9/h9-10,13H,1-8H2. The van der Waals surface area contributed by atoms with Crippen molar-refractivity contribution in [3.05, 3.63) is 0 Å². The highest BCUT2D eigenvalue weighted by Gasteiger charge is 2.32. The highest BCUT2D eigenvalue weighted by Crippen LogP contribution is 2.27. The first kappa shape index (κ1) is 10.9. The summed E-state index contributed by atoms with van der Waals surface area (Å²) in [6, 6.07) is -0.119. The van der Waals surface area contributed by atoms with Crippen LogP contribution in [-0.4, -0.2) is 48.3 Å². The van der Waals surface area contributed by atoms with Crippen LogP contribution < -0.4 is 0 Å². The van der Waals surface area contributed by atoms with Crippen LogP contribution >= 0.6 is 0 Å². The first-order valence-corrected chi connectivity index (χ1v) is 5.82. The molecule has 1 atom stereocenters. The SMILES string of the molecule is O=C(C1CCCC1)N1CCOCC1CO. The van der Waals surface area contributed by atoms with Gasteiger partial charge < -0.3 is 14.7 Å². The summed E-state index contributed by atoms with van der Waals surface area (Å²) in [5, 5.41) is 9.18. The van der Waals surface area contributed by atoms with Crippen LogP contribution in [0.4, 0.5) is 0 Å². The van der Waals surface area contributed by atoms with Crippen LogP contribution in [0.2, 0.25) is 0 Å². The van der Waals surface area contributed by atoms with Gasteiger partial charge in [-0.3, -0.25) is 4.79 Å². The Hall–Kier alpha value is -0.610. The number of rotatable bonds is 2. The number of nitrogens with zero attached hydrogens (tertiary/aromatic N) is 1. The second-order valence-corrected chi connectivity index (χ2v) is 4.42. The van der Waals surface area contributed by atoms with Crippen molar-refractivity contribution in [2.75, 3.05) is 26.4 Å². The van der Waals surface area contributed by atoms with Crippen LogP contribution in [0.25, 0.3) is 0 Å². The predicted molar refractivity (Wildman–Crippen MR) is 55.4 cm³/mol. The lowest BCUT2D eigenvalue weighted by molar-refractivity contribution is -0.145. The van der Waals surface area contributed by atoms with E-state index in [9.17, 15) is 9.90 Å². The van der Waals surface area contributed by atoms with Crippen LogP contribution in [0.5, 0.6) is 0 Å². The third kappa shape index (κ3) is 2.32. The Balaban J connectivity index is 1.96. The average molecular weight is 213 g/mol. The molecule has 1 aliphatic heterocycles. The lowest BCUT2D eigenvalue weighted by Crippen LogP contribution is -2.52. The third-order valence-electron chi connectivity index (χ3n) is 3.43. The molecule has 15 heavy (non-hydrogen) atoms. The second-order valence-electron chi connectivity index (χ2n) is 4.42. The van der Waals surface area contributed by atoms with Gasteiger partial charge in [-0.1, -0.05) is 12.8 Å². The van der Waals surface area contributed by atoms with Gasteiger partial charge in [0.15, 0.2) is 0 Å². The van der Waals surface area contributed by atoms with Crippen LogP contribution in [0, 0.1) is 5.92 Å². The van der Waals surface area contributed by atoms with Crippen molar-refractivity contribution in [2.24, 2.45) is 5.92 Å². The fourth-order valence-corrected chi connectivity index (χ4v) is 2.50. The van der Waals surface area contributed by atoms with E-state index >= 15 is 0 Å². The molecule has 0 aromatic rings. The van der Waals surface area contributed by atoms with Crippen LogP contribution in [0.15, 0.2) is 0 Å². The molecular weight excluding hydrogens is 194 g/mol. The maximum atomic E-state index is 12.1. The summed E-state index contributed by atoms with van der Waals surface area (Å²) in [4.78, 5) is 13.9. The second kappa shape index (κ2) is 4.94. The molecule has 1 heterocycles. The average Bonchev–Trinajstić information content (AvgIpc) is 2.81. The molecular formula is C11H19NO3.